The molecule has 2 rings (SSSR count). The summed E-state index contributed by atoms with van der Waals surface area (Å²) in [6.07, 6.45) is 0.0900. The zero-order valence-corrected chi connectivity index (χ0v) is 10.7. The second-order valence-corrected chi connectivity index (χ2v) is 4.77. The quantitative estimate of drug-likeness (QED) is 0.784. The van der Waals surface area contributed by atoms with E-state index in [4.69, 9.17) is 0 Å². The Morgan fingerprint density at radius 3 is 2.76 bits per heavy atom. The normalized spacial score (nSPS) is 18.2. The van der Waals surface area contributed by atoms with Crippen LogP contribution in [-0.4, -0.2) is 25.2 Å². The molecule has 0 spiro atoms. The van der Waals surface area contributed by atoms with E-state index in [1.165, 1.54) is 0 Å². The van der Waals surface area contributed by atoms with Crippen LogP contribution < -0.4 is 15.5 Å². The Morgan fingerprint density at radius 2 is 2.18 bits per heavy atom. The first-order valence-electron chi connectivity index (χ1n) is 5.89. The minimum Gasteiger partial charge on any atom is -0.351 e. The molecule has 1 heterocycles. The molecule has 4 nitrogen and oxygen atoms in total. The van der Waals surface area contributed by atoms with E-state index in [0.717, 1.165) is 16.9 Å². The summed E-state index contributed by atoms with van der Waals surface area (Å²) in [5.74, 6) is 0.0986. The topological polar surface area (TPSA) is 44.4 Å². The Bertz CT molecular complexity index is 442. The third-order valence-electron chi connectivity index (χ3n) is 2.95. The fraction of sp³-hybridized carbons (Fsp3) is 0.462. The molecule has 0 saturated heterocycles. The van der Waals surface area contributed by atoms with Gasteiger partial charge < -0.3 is 10.2 Å². The molecule has 0 radical (unpaired) electrons. The van der Waals surface area contributed by atoms with Crippen molar-refractivity contribution in [3.8, 4) is 0 Å². The Morgan fingerprint density at radius 1 is 1.47 bits per heavy atom. The minimum atomic E-state index is 0.0900. The number of benzene rings is 1. The van der Waals surface area contributed by atoms with Gasteiger partial charge in [0.15, 0.2) is 12.1 Å². The van der Waals surface area contributed by atoms with Gasteiger partial charge >= 0.3 is 0 Å². The summed E-state index contributed by atoms with van der Waals surface area (Å²) in [6.45, 7) is 5.81. The molecule has 1 aromatic rings. The highest BCUT2D eigenvalue weighted by atomic mass is 16.1. The number of fused-ring (bicyclic) bond motifs is 1. The van der Waals surface area contributed by atoms with Crippen LogP contribution in [0.2, 0.25) is 0 Å². The molecule has 0 amide bonds. The lowest BCUT2D eigenvalue weighted by atomic mass is 10.1. The Kier molecular flexibility index (Phi) is 3.07. The van der Waals surface area contributed by atoms with Crippen LogP contribution in [0.3, 0.4) is 0 Å². The molecular formula is C13H19N3O. The van der Waals surface area contributed by atoms with Gasteiger partial charge in [-0.15, -0.1) is 0 Å². The van der Waals surface area contributed by atoms with E-state index < -0.39 is 0 Å². The van der Waals surface area contributed by atoms with Gasteiger partial charge in [0.1, 0.15) is 0 Å². The van der Waals surface area contributed by atoms with Crippen LogP contribution >= 0.6 is 0 Å². The lowest BCUT2D eigenvalue weighted by Crippen LogP contribution is -2.48. The van der Waals surface area contributed by atoms with Crippen molar-refractivity contribution in [3.05, 3.63) is 23.8 Å². The first-order chi connectivity index (χ1) is 7.99. The Balaban J connectivity index is 2.26. The highest BCUT2D eigenvalue weighted by Gasteiger charge is 2.26. The minimum absolute atomic E-state index is 0.0900. The van der Waals surface area contributed by atoms with Gasteiger partial charge in [0, 0.05) is 18.7 Å². The molecule has 0 aromatic heterocycles. The molecule has 1 atom stereocenters. The van der Waals surface area contributed by atoms with E-state index in [2.05, 4.69) is 29.4 Å². The summed E-state index contributed by atoms with van der Waals surface area (Å²) in [6, 6.07) is 6.16. The molecule has 1 aliphatic heterocycles. The summed E-state index contributed by atoms with van der Waals surface area (Å²) < 4.78 is 0. The molecule has 0 fully saturated rings. The van der Waals surface area contributed by atoms with E-state index >= 15 is 0 Å². The highest BCUT2D eigenvalue weighted by Crippen LogP contribution is 2.33. The monoisotopic (exact) mass is 233 g/mol. The van der Waals surface area contributed by atoms with Crippen LogP contribution in [0.15, 0.2) is 18.2 Å². The number of ketones is 1. The summed E-state index contributed by atoms with van der Waals surface area (Å²) in [5.41, 5.74) is 2.88. The summed E-state index contributed by atoms with van der Waals surface area (Å²) in [4.78, 5) is 13.5. The molecule has 2 N–H and O–H groups in total. The average molecular weight is 233 g/mol. The summed E-state index contributed by atoms with van der Waals surface area (Å²) in [7, 11) is 2.02. The molecule has 92 valence electrons. The predicted octanol–water partition coefficient (Wildman–Crippen LogP) is 2.03. The smallest absolute Gasteiger partial charge is 0.159 e. The van der Waals surface area contributed by atoms with Crippen molar-refractivity contribution in [2.75, 3.05) is 17.3 Å². The van der Waals surface area contributed by atoms with Crippen molar-refractivity contribution in [2.45, 2.75) is 33.1 Å². The second kappa shape index (κ2) is 4.37. The number of nitrogens with zero attached hydrogens (tertiary/aromatic N) is 1. The van der Waals surface area contributed by atoms with E-state index in [-0.39, 0.29) is 12.1 Å². The van der Waals surface area contributed by atoms with E-state index in [9.17, 15) is 4.79 Å². The summed E-state index contributed by atoms with van der Waals surface area (Å²) >= 11 is 0. The van der Waals surface area contributed by atoms with Gasteiger partial charge in [-0.3, -0.25) is 10.1 Å². The number of nitrogens with one attached hydrogen (secondary N) is 2. The van der Waals surface area contributed by atoms with Crippen molar-refractivity contribution in [1.82, 2.24) is 5.32 Å². The first kappa shape index (κ1) is 11.9. The number of carbonyl (C=O) groups is 1. The maximum Gasteiger partial charge on any atom is 0.159 e. The molecule has 0 bridgehead atoms. The van der Waals surface area contributed by atoms with Gasteiger partial charge in [-0.25, -0.2) is 0 Å². The van der Waals surface area contributed by atoms with Gasteiger partial charge in [0.2, 0.25) is 0 Å². The molecule has 4 heteroatoms. The Labute approximate surface area is 102 Å². The average Bonchev–Trinajstić information content (AvgIpc) is 2.55. The van der Waals surface area contributed by atoms with Gasteiger partial charge in [0.05, 0.1) is 11.4 Å². The van der Waals surface area contributed by atoms with Crippen molar-refractivity contribution in [2.24, 2.45) is 0 Å². The van der Waals surface area contributed by atoms with Crippen LogP contribution in [0.4, 0.5) is 11.4 Å². The van der Waals surface area contributed by atoms with E-state index in [1.54, 1.807) is 6.92 Å². The number of hydrogen-bond acceptors (Lipinski definition) is 4. The SMILES string of the molecule is CC(=O)c1ccc2c(c1)N(C)C(NC(C)C)N2. The second-order valence-electron chi connectivity index (χ2n) is 4.77. The van der Waals surface area contributed by atoms with Crippen LogP contribution in [-0.2, 0) is 0 Å². The largest absolute Gasteiger partial charge is 0.351 e. The molecule has 1 aliphatic rings. The maximum absolute atomic E-state index is 11.4. The van der Waals surface area contributed by atoms with Gasteiger partial charge in [0.25, 0.3) is 0 Å². The number of anilines is 2. The first-order valence-corrected chi connectivity index (χ1v) is 5.89. The molecule has 0 saturated carbocycles. The zero-order chi connectivity index (χ0) is 12.6. The number of hydrogen-bond donors (Lipinski definition) is 2. The lowest BCUT2D eigenvalue weighted by molar-refractivity contribution is 0.101. The zero-order valence-electron chi connectivity index (χ0n) is 10.7. The van der Waals surface area contributed by atoms with Crippen molar-refractivity contribution >= 4 is 17.2 Å². The van der Waals surface area contributed by atoms with Crippen LogP contribution in [0.5, 0.6) is 0 Å². The molecular weight excluding hydrogens is 214 g/mol. The van der Waals surface area contributed by atoms with Gasteiger partial charge in [-0.1, -0.05) is 0 Å². The van der Waals surface area contributed by atoms with Crippen LogP contribution in [0, 0.1) is 0 Å². The molecule has 1 aromatic carbocycles. The van der Waals surface area contributed by atoms with Gasteiger partial charge in [-0.05, 0) is 39.0 Å². The van der Waals surface area contributed by atoms with E-state index in [1.807, 2.05) is 25.2 Å². The number of rotatable bonds is 3. The fourth-order valence-electron chi connectivity index (χ4n) is 2.02. The molecule has 17 heavy (non-hydrogen) atoms. The highest BCUT2D eigenvalue weighted by molar-refractivity contribution is 5.96. The molecule has 1 unspecified atom stereocenters. The fourth-order valence-corrected chi connectivity index (χ4v) is 2.02. The lowest BCUT2D eigenvalue weighted by Gasteiger charge is -2.25. The number of Topliss-reactive ketones (excluding diaryl/α,β-unsaturated/α-hetero) is 1. The third kappa shape index (κ3) is 2.26. The van der Waals surface area contributed by atoms with Crippen LogP contribution in [0.25, 0.3) is 0 Å². The van der Waals surface area contributed by atoms with Crippen molar-refractivity contribution in [1.29, 1.82) is 0 Å². The van der Waals surface area contributed by atoms with E-state index in [0.29, 0.717) is 6.04 Å². The standard InChI is InChI=1S/C13H19N3O/c1-8(2)14-13-15-11-6-5-10(9(3)17)7-12(11)16(13)4/h5-8,13-15H,1-4H3. The van der Waals surface area contributed by atoms with Gasteiger partial charge in [-0.2, -0.15) is 0 Å². The molecule has 0 aliphatic carbocycles. The van der Waals surface area contributed by atoms with Crippen molar-refractivity contribution in [3.63, 3.8) is 0 Å². The summed E-state index contributed by atoms with van der Waals surface area (Å²) in [5, 5.41) is 6.80. The maximum atomic E-state index is 11.4. The predicted molar refractivity (Wildman–Crippen MR) is 70.5 cm³/mol. The number of carbonyl (C=O) groups excluding carboxylic acids is 1. The third-order valence-corrected chi connectivity index (χ3v) is 2.95. The Hall–Kier alpha value is -1.55. The van der Waals surface area contributed by atoms with Crippen LogP contribution in [0.1, 0.15) is 31.1 Å². The van der Waals surface area contributed by atoms with Crippen molar-refractivity contribution < 1.29 is 4.79 Å².